The lowest BCUT2D eigenvalue weighted by atomic mass is 10.2. The van der Waals surface area contributed by atoms with Gasteiger partial charge >= 0.3 is 0 Å². The number of thiophene rings is 1. The zero-order valence-electron chi connectivity index (χ0n) is 13.5. The number of furan rings is 1. The van der Waals surface area contributed by atoms with Gasteiger partial charge in [0.05, 0.1) is 17.5 Å². The van der Waals surface area contributed by atoms with E-state index < -0.39 is 10.0 Å². The molecule has 1 aromatic carbocycles. The van der Waals surface area contributed by atoms with Gasteiger partial charge in [0.25, 0.3) is 0 Å². The predicted octanol–water partition coefficient (Wildman–Crippen LogP) is 2.35. The molecule has 3 rings (SSSR count). The van der Waals surface area contributed by atoms with Crippen LogP contribution >= 0.6 is 11.3 Å². The second-order valence-corrected chi connectivity index (χ2v) is 7.91. The normalized spacial score (nSPS) is 11.7. The summed E-state index contributed by atoms with van der Waals surface area (Å²) in [4.78, 5) is 12.7. The number of nitrogens with one attached hydrogen (secondary N) is 1. The first-order valence-corrected chi connectivity index (χ1v) is 9.92. The second kappa shape index (κ2) is 7.65. The average molecular weight is 389 g/mol. The van der Waals surface area contributed by atoms with E-state index in [0.29, 0.717) is 17.1 Å². The van der Waals surface area contributed by atoms with Crippen molar-refractivity contribution in [2.75, 3.05) is 0 Å². The van der Waals surface area contributed by atoms with Gasteiger partial charge < -0.3 is 4.42 Å². The standard InChI is InChI=1S/C17H15N3O4S2/c18-26(22,23)15-6-3-12(4-7-15)16-8-5-13(24-16)11-19-20-17(21)10-14-2-1-9-25-14/h1-9,11H,10H2,(H,20,21)(H2,18,22,23)/b19-11-. The Hall–Kier alpha value is -2.75. The minimum atomic E-state index is -3.73. The number of hydrogen-bond donors (Lipinski definition) is 2. The van der Waals surface area contributed by atoms with Crippen molar-refractivity contribution in [3.05, 3.63) is 64.5 Å². The maximum atomic E-state index is 11.7. The number of rotatable bonds is 6. The molecule has 2 aromatic heterocycles. The first kappa shape index (κ1) is 18.1. The van der Waals surface area contributed by atoms with Crippen molar-refractivity contribution in [3.63, 3.8) is 0 Å². The Morgan fingerprint density at radius 1 is 1.19 bits per heavy atom. The summed E-state index contributed by atoms with van der Waals surface area (Å²) in [5, 5.41) is 10.8. The molecule has 0 aliphatic heterocycles. The topological polar surface area (TPSA) is 115 Å². The highest BCUT2D eigenvalue weighted by Gasteiger charge is 2.09. The zero-order valence-corrected chi connectivity index (χ0v) is 15.1. The van der Waals surface area contributed by atoms with Crippen LogP contribution in [-0.2, 0) is 21.2 Å². The molecule has 2 heterocycles. The minimum Gasteiger partial charge on any atom is -0.455 e. The first-order valence-electron chi connectivity index (χ1n) is 7.49. The Balaban J connectivity index is 1.61. The van der Waals surface area contributed by atoms with Gasteiger partial charge in [-0.3, -0.25) is 4.79 Å². The Morgan fingerprint density at radius 2 is 1.96 bits per heavy atom. The van der Waals surface area contributed by atoms with Gasteiger partial charge in [0.2, 0.25) is 15.9 Å². The minimum absolute atomic E-state index is 0.0306. The quantitative estimate of drug-likeness (QED) is 0.497. The third kappa shape index (κ3) is 4.66. The third-order valence-electron chi connectivity index (χ3n) is 3.39. The van der Waals surface area contributed by atoms with Crippen LogP contribution in [0.4, 0.5) is 0 Å². The number of carbonyl (C=O) groups excluding carboxylic acids is 1. The van der Waals surface area contributed by atoms with E-state index in [9.17, 15) is 13.2 Å². The van der Waals surface area contributed by atoms with Crippen molar-refractivity contribution in [2.45, 2.75) is 11.3 Å². The van der Waals surface area contributed by atoms with E-state index in [-0.39, 0.29) is 17.2 Å². The number of primary sulfonamides is 1. The number of hydrogen-bond acceptors (Lipinski definition) is 6. The van der Waals surface area contributed by atoms with Gasteiger partial charge in [-0.2, -0.15) is 5.10 Å². The van der Waals surface area contributed by atoms with Crippen molar-refractivity contribution in [2.24, 2.45) is 10.2 Å². The summed E-state index contributed by atoms with van der Waals surface area (Å²) in [6.45, 7) is 0. The molecule has 0 bridgehead atoms. The van der Waals surface area contributed by atoms with Crippen molar-refractivity contribution >= 4 is 33.5 Å². The van der Waals surface area contributed by atoms with Gasteiger partial charge in [0.15, 0.2) is 0 Å². The first-order chi connectivity index (χ1) is 12.4. The maximum absolute atomic E-state index is 11.7. The molecular formula is C17H15N3O4S2. The fourth-order valence-corrected chi connectivity index (χ4v) is 3.38. The van der Waals surface area contributed by atoms with E-state index in [1.165, 1.54) is 29.7 Å². The van der Waals surface area contributed by atoms with Crippen LogP contribution in [0.15, 0.2) is 68.3 Å². The van der Waals surface area contributed by atoms with Crippen LogP contribution in [0, 0.1) is 0 Å². The van der Waals surface area contributed by atoms with Crippen LogP contribution in [0.25, 0.3) is 11.3 Å². The van der Waals surface area contributed by atoms with Crippen molar-refractivity contribution < 1.29 is 17.6 Å². The Bertz CT molecular complexity index is 1020. The molecule has 0 radical (unpaired) electrons. The number of sulfonamides is 1. The lowest BCUT2D eigenvalue weighted by molar-refractivity contribution is -0.120. The maximum Gasteiger partial charge on any atom is 0.245 e. The average Bonchev–Trinajstić information content (AvgIpc) is 3.26. The molecule has 3 aromatic rings. The Labute approximate surface area is 154 Å². The molecule has 0 aliphatic rings. The van der Waals surface area contributed by atoms with E-state index >= 15 is 0 Å². The number of carbonyl (C=O) groups is 1. The summed E-state index contributed by atoms with van der Waals surface area (Å²) >= 11 is 1.51. The van der Waals surface area contributed by atoms with Gasteiger partial charge in [-0.05, 0) is 47.8 Å². The van der Waals surface area contributed by atoms with E-state index in [0.717, 1.165) is 4.88 Å². The third-order valence-corrected chi connectivity index (χ3v) is 5.20. The fourth-order valence-electron chi connectivity index (χ4n) is 2.17. The van der Waals surface area contributed by atoms with E-state index in [1.807, 2.05) is 17.5 Å². The molecule has 3 N–H and O–H groups in total. The molecule has 0 aliphatic carbocycles. The molecule has 7 nitrogen and oxygen atoms in total. The van der Waals surface area contributed by atoms with Crippen LogP contribution in [0.5, 0.6) is 0 Å². The number of benzene rings is 1. The predicted molar refractivity (Wildman–Crippen MR) is 99.3 cm³/mol. The molecule has 26 heavy (non-hydrogen) atoms. The lowest BCUT2D eigenvalue weighted by Gasteiger charge is -2.00. The number of amides is 1. The number of hydrazone groups is 1. The van der Waals surface area contributed by atoms with E-state index in [4.69, 9.17) is 9.56 Å². The van der Waals surface area contributed by atoms with Crippen molar-refractivity contribution in [1.29, 1.82) is 0 Å². The molecule has 0 spiro atoms. The van der Waals surface area contributed by atoms with Gasteiger partial charge in [0.1, 0.15) is 11.5 Å². The SMILES string of the molecule is NS(=O)(=O)c1ccc(-c2ccc(/C=N\NC(=O)Cc3cccs3)o2)cc1. The zero-order chi connectivity index (χ0) is 18.6. The van der Waals surface area contributed by atoms with Crippen LogP contribution in [-0.4, -0.2) is 20.5 Å². The summed E-state index contributed by atoms with van der Waals surface area (Å²) in [5.74, 6) is 0.776. The van der Waals surface area contributed by atoms with Crippen LogP contribution in [0.3, 0.4) is 0 Å². The highest BCUT2D eigenvalue weighted by Crippen LogP contribution is 2.22. The lowest BCUT2D eigenvalue weighted by Crippen LogP contribution is -2.19. The molecule has 9 heteroatoms. The summed E-state index contributed by atoms with van der Waals surface area (Å²) in [7, 11) is -3.73. The summed E-state index contributed by atoms with van der Waals surface area (Å²) in [5.41, 5.74) is 3.13. The van der Waals surface area contributed by atoms with Gasteiger partial charge in [0, 0.05) is 10.4 Å². The van der Waals surface area contributed by atoms with Crippen LogP contribution in [0.1, 0.15) is 10.6 Å². The van der Waals surface area contributed by atoms with Crippen molar-refractivity contribution in [3.8, 4) is 11.3 Å². The molecule has 0 unspecified atom stereocenters. The highest BCUT2D eigenvalue weighted by atomic mass is 32.2. The number of nitrogens with zero attached hydrogens (tertiary/aromatic N) is 1. The van der Waals surface area contributed by atoms with Gasteiger partial charge in [-0.1, -0.05) is 6.07 Å². The Morgan fingerprint density at radius 3 is 2.62 bits per heavy atom. The van der Waals surface area contributed by atoms with Crippen LogP contribution in [0.2, 0.25) is 0 Å². The highest BCUT2D eigenvalue weighted by molar-refractivity contribution is 7.89. The van der Waals surface area contributed by atoms with Gasteiger partial charge in [-0.15, -0.1) is 11.3 Å². The largest absolute Gasteiger partial charge is 0.455 e. The molecule has 134 valence electrons. The van der Waals surface area contributed by atoms with Crippen LogP contribution < -0.4 is 10.6 Å². The molecule has 0 saturated heterocycles. The molecule has 0 fully saturated rings. The van der Waals surface area contributed by atoms with Gasteiger partial charge in [-0.25, -0.2) is 19.0 Å². The second-order valence-electron chi connectivity index (χ2n) is 5.32. The van der Waals surface area contributed by atoms with Crippen molar-refractivity contribution in [1.82, 2.24) is 5.43 Å². The molecule has 0 saturated carbocycles. The monoisotopic (exact) mass is 389 g/mol. The molecule has 1 amide bonds. The summed E-state index contributed by atoms with van der Waals surface area (Å²) in [6.07, 6.45) is 1.67. The summed E-state index contributed by atoms with van der Waals surface area (Å²) in [6, 6.07) is 13.2. The Kier molecular flexibility index (Phi) is 5.31. The van der Waals surface area contributed by atoms with E-state index in [1.54, 1.807) is 24.3 Å². The van der Waals surface area contributed by atoms with E-state index in [2.05, 4.69) is 10.5 Å². The number of nitrogens with two attached hydrogens (primary N) is 1. The molecule has 0 atom stereocenters. The summed E-state index contributed by atoms with van der Waals surface area (Å²) < 4.78 is 28.1. The molecular weight excluding hydrogens is 374 g/mol. The smallest absolute Gasteiger partial charge is 0.245 e. The fraction of sp³-hybridized carbons (Fsp3) is 0.0588.